The fourth-order valence-corrected chi connectivity index (χ4v) is 5.60. The van der Waals surface area contributed by atoms with E-state index in [1.807, 2.05) is 62.4 Å². The van der Waals surface area contributed by atoms with E-state index in [0.717, 1.165) is 44.1 Å². The highest BCUT2D eigenvalue weighted by atomic mass is 79.9. The Balaban J connectivity index is 1.69. The molecule has 0 spiro atoms. The van der Waals surface area contributed by atoms with E-state index >= 15 is 0 Å². The third-order valence-electron chi connectivity index (χ3n) is 6.69. The van der Waals surface area contributed by atoms with Gasteiger partial charge in [0.2, 0.25) is 0 Å². The van der Waals surface area contributed by atoms with Crippen molar-refractivity contribution >= 4 is 44.9 Å². The number of rotatable bonds is 5. The minimum Gasteiger partial charge on any atom is -0.478 e. The van der Waals surface area contributed by atoms with E-state index in [-0.39, 0.29) is 17.6 Å². The zero-order valence-electron chi connectivity index (χ0n) is 20.1. The summed E-state index contributed by atoms with van der Waals surface area (Å²) in [5.74, 6) is -0.944. The highest BCUT2D eigenvalue weighted by Gasteiger charge is 2.42. The van der Waals surface area contributed by atoms with Gasteiger partial charge in [0.25, 0.3) is 0 Å². The normalized spacial score (nSPS) is 17.3. The summed E-state index contributed by atoms with van der Waals surface area (Å²) >= 11 is 9.38. The van der Waals surface area contributed by atoms with Crippen LogP contribution in [0.1, 0.15) is 50.7 Å². The number of nitrogens with zero attached hydrogens (tertiary/aromatic N) is 3. The van der Waals surface area contributed by atoms with Crippen LogP contribution in [0.25, 0.3) is 5.69 Å². The fourth-order valence-electron chi connectivity index (χ4n) is 4.99. The molecule has 3 heterocycles. The summed E-state index contributed by atoms with van der Waals surface area (Å²) in [6.07, 6.45) is 1.80. The largest absolute Gasteiger partial charge is 0.478 e. The van der Waals surface area contributed by atoms with Gasteiger partial charge < -0.3 is 19.9 Å². The van der Waals surface area contributed by atoms with Gasteiger partial charge in [0.15, 0.2) is 5.11 Å². The van der Waals surface area contributed by atoms with E-state index in [4.69, 9.17) is 12.2 Å². The molecule has 0 amide bonds. The quantitative estimate of drug-likeness (QED) is 0.274. The summed E-state index contributed by atoms with van der Waals surface area (Å²) in [5.41, 5.74) is 7.13. The van der Waals surface area contributed by atoms with Crippen LogP contribution in [0.4, 0.5) is 5.69 Å². The number of carboxylic acids is 1. The van der Waals surface area contributed by atoms with Gasteiger partial charge in [-0.1, -0.05) is 28.1 Å². The highest BCUT2D eigenvalue weighted by Crippen LogP contribution is 2.44. The minimum absolute atomic E-state index is 0.156. The molecule has 6 nitrogen and oxygen atoms in total. The molecule has 2 aromatic heterocycles. The molecule has 8 heteroatoms. The van der Waals surface area contributed by atoms with E-state index < -0.39 is 5.97 Å². The first-order valence-corrected chi connectivity index (χ1v) is 12.8. The number of aromatic nitrogens is 2. The van der Waals surface area contributed by atoms with Crippen LogP contribution in [-0.4, -0.2) is 25.7 Å². The van der Waals surface area contributed by atoms with Gasteiger partial charge in [0.05, 0.1) is 23.3 Å². The first-order valence-electron chi connectivity index (χ1n) is 11.6. The molecule has 5 rings (SSSR count). The minimum atomic E-state index is -0.944. The van der Waals surface area contributed by atoms with Crippen LogP contribution in [0.2, 0.25) is 0 Å². The molecule has 1 aliphatic rings. The van der Waals surface area contributed by atoms with Gasteiger partial charge in [-0.3, -0.25) is 4.98 Å². The van der Waals surface area contributed by atoms with E-state index in [1.54, 1.807) is 18.3 Å². The van der Waals surface area contributed by atoms with E-state index in [0.29, 0.717) is 5.11 Å². The Morgan fingerprint density at radius 3 is 2.47 bits per heavy atom. The van der Waals surface area contributed by atoms with Gasteiger partial charge >= 0.3 is 5.97 Å². The number of aromatic carboxylic acids is 1. The molecule has 36 heavy (non-hydrogen) atoms. The first kappa shape index (κ1) is 24.2. The van der Waals surface area contributed by atoms with E-state index in [2.05, 4.69) is 48.7 Å². The zero-order chi connectivity index (χ0) is 25.6. The van der Waals surface area contributed by atoms with Crippen LogP contribution in [-0.2, 0) is 0 Å². The van der Waals surface area contributed by atoms with Crippen molar-refractivity contribution in [3.63, 3.8) is 0 Å². The third-order valence-corrected chi connectivity index (χ3v) is 7.53. The average molecular weight is 562 g/mol. The summed E-state index contributed by atoms with van der Waals surface area (Å²) in [6.45, 7) is 6.12. The van der Waals surface area contributed by atoms with Crippen molar-refractivity contribution in [1.29, 1.82) is 0 Å². The van der Waals surface area contributed by atoms with Crippen LogP contribution in [0.3, 0.4) is 0 Å². The summed E-state index contributed by atoms with van der Waals surface area (Å²) < 4.78 is 3.13. The topological polar surface area (TPSA) is 70.4 Å². The summed E-state index contributed by atoms with van der Waals surface area (Å²) in [5, 5.41) is 13.7. The monoisotopic (exact) mass is 560 g/mol. The molecule has 0 aliphatic carbocycles. The van der Waals surface area contributed by atoms with Crippen molar-refractivity contribution in [1.82, 2.24) is 14.9 Å². The van der Waals surface area contributed by atoms with Gasteiger partial charge in [-0.05, 0) is 98.7 Å². The molecule has 1 aliphatic heterocycles. The van der Waals surface area contributed by atoms with E-state index in [9.17, 15) is 9.90 Å². The summed E-state index contributed by atoms with van der Waals surface area (Å²) in [4.78, 5) is 18.5. The molecule has 0 saturated carbocycles. The Bertz CT molecular complexity index is 1470. The van der Waals surface area contributed by atoms with E-state index in [1.165, 1.54) is 0 Å². The fraction of sp³-hybridized carbons (Fsp3) is 0.179. The second-order valence-corrected chi connectivity index (χ2v) is 10.2. The number of aryl methyl sites for hydroxylation is 2. The smallest absolute Gasteiger partial charge is 0.335 e. The SMILES string of the molecule is Cc1ccc(C(=O)O)cc1-n1c(C)cc([C@H]2[C@@H](c3ccccn3)NC(=S)N2c2ccc(Br)cc2)c1C. The van der Waals surface area contributed by atoms with Crippen LogP contribution in [0.5, 0.6) is 0 Å². The molecule has 2 N–H and O–H groups in total. The lowest BCUT2D eigenvalue weighted by Gasteiger charge is -2.28. The maximum atomic E-state index is 11.7. The predicted octanol–water partition coefficient (Wildman–Crippen LogP) is 6.44. The molecular formula is C28H25BrN4O2S. The van der Waals surface area contributed by atoms with Gasteiger partial charge in [0, 0.05) is 33.4 Å². The molecule has 4 aromatic rings. The number of benzene rings is 2. The highest BCUT2D eigenvalue weighted by molar-refractivity contribution is 9.10. The molecular weight excluding hydrogens is 536 g/mol. The standard InChI is InChI=1S/C28H25BrN4O2S/c1-16-7-8-19(27(34)35)15-24(16)32-17(2)14-22(18(32)3)26-25(23-6-4-5-13-30-23)31-28(36)33(26)21-11-9-20(29)10-12-21/h4-15,25-26H,1-3H3,(H,31,36)(H,34,35)/t25-,26+/m1/s1. The second-order valence-electron chi connectivity index (χ2n) is 8.94. The number of pyridine rings is 1. The number of hydrogen-bond acceptors (Lipinski definition) is 3. The predicted molar refractivity (Wildman–Crippen MR) is 149 cm³/mol. The number of anilines is 1. The van der Waals surface area contributed by atoms with Gasteiger partial charge in [-0.2, -0.15) is 0 Å². The molecule has 0 radical (unpaired) electrons. The Morgan fingerprint density at radius 1 is 1.06 bits per heavy atom. The van der Waals surface area contributed by atoms with Crippen molar-refractivity contribution in [2.45, 2.75) is 32.9 Å². The van der Waals surface area contributed by atoms with Crippen molar-refractivity contribution in [2.24, 2.45) is 0 Å². The van der Waals surface area contributed by atoms with Gasteiger partial charge in [-0.25, -0.2) is 4.79 Å². The molecule has 1 fully saturated rings. The Morgan fingerprint density at radius 2 is 1.81 bits per heavy atom. The van der Waals surface area contributed by atoms with Crippen molar-refractivity contribution < 1.29 is 9.90 Å². The maximum absolute atomic E-state index is 11.7. The summed E-state index contributed by atoms with van der Waals surface area (Å²) in [7, 11) is 0. The second kappa shape index (κ2) is 9.52. The zero-order valence-corrected chi connectivity index (χ0v) is 22.5. The molecule has 0 bridgehead atoms. The lowest BCUT2D eigenvalue weighted by molar-refractivity contribution is 0.0697. The number of carbonyl (C=O) groups is 1. The molecule has 1 saturated heterocycles. The maximum Gasteiger partial charge on any atom is 0.335 e. The lowest BCUT2D eigenvalue weighted by Crippen LogP contribution is -2.29. The Labute approximate surface area is 223 Å². The third kappa shape index (κ3) is 4.20. The van der Waals surface area contributed by atoms with Crippen molar-refractivity contribution in [3.05, 3.63) is 111 Å². The molecule has 2 atom stereocenters. The van der Waals surface area contributed by atoms with Crippen LogP contribution in [0.15, 0.2) is 77.4 Å². The number of hydrogen-bond donors (Lipinski definition) is 2. The van der Waals surface area contributed by atoms with Crippen molar-refractivity contribution in [2.75, 3.05) is 4.90 Å². The first-order chi connectivity index (χ1) is 17.3. The lowest BCUT2D eigenvalue weighted by atomic mass is 9.96. The van der Waals surface area contributed by atoms with Crippen molar-refractivity contribution in [3.8, 4) is 5.69 Å². The number of carboxylic acid groups (broad SMARTS) is 1. The molecule has 0 unspecified atom stereocenters. The number of nitrogens with one attached hydrogen (secondary N) is 1. The van der Waals surface area contributed by atoms with Crippen LogP contribution >= 0.6 is 28.1 Å². The number of halogens is 1. The van der Waals surface area contributed by atoms with Crippen LogP contribution < -0.4 is 10.2 Å². The Kier molecular flexibility index (Phi) is 6.40. The average Bonchev–Trinajstić information content (AvgIpc) is 3.35. The van der Waals surface area contributed by atoms with Gasteiger partial charge in [-0.15, -0.1) is 0 Å². The van der Waals surface area contributed by atoms with Crippen LogP contribution in [0, 0.1) is 20.8 Å². The number of thiocarbonyl (C=S) groups is 1. The molecule has 182 valence electrons. The Hall–Kier alpha value is -3.49. The molecule has 2 aromatic carbocycles. The summed E-state index contributed by atoms with van der Waals surface area (Å²) in [6, 6.07) is 21.1. The van der Waals surface area contributed by atoms with Gasteiger partial charge in [0.1, 0.15) is 0 Å².